The Balaban J connectivity index is 1.62. The summed E-state index contributed by atoms with van der Waals surface area (Å²) in [5.41, 5.74) is 6.96. The van der Waals surface area contributed by atoms with E-state index < -0.39 is 0 Å². The average molecular weight is 299 g/mol. The zero-order chi connectivity index (χ0) is 15.5. The van der Waals surface area contributed by atoms with Crippen LogP contribution < -0.4 is 10.6 Å². The van der Waals surface area contributed by atoms with Crippen molar-refractivity contribution in [1.29, 1.82) is 0 Å². The van der Waals surface area contributed by atoms with Crippen LogP contribution >= 0.6 is 0 Å². The van der Waals surface area contributed by atoms with Crippen LogP contribution in [0.25, 0.3) is 0 Å². The molecule has 1 amide bonds. The highest BCUT2D eigenvalue weighted by molar-refractivity contribution is 5.91. The monoisotopic (exact) mass is 299 g/mol. The molecule has 0 saturated carbocycles. The molecule has 1 fully saturated rings. The highest BCUT2D eigenvalue weighted by Crippen LogP contribution is 2.19. The van der Waals surface area contributed by atoms with E-state index in [1.165, 1.54) is 5.69 Å². The second-order valence-electron chi connectivity index (χ2n) is 5.61. The Morgan fingerprint density at radius 2 is 1.77 bits per heavy atom. The summed E-state index contributed by atoms with van der Waals surface area (Å²) in [7, 11) is 0. The van der Waals surface area contributed by atoms with E-state index in [0.29, 0.717) is 24.6 Å². The number of carbonyl (C=O) groups is 1. The van der Waals surface area contributed by atoms with Crippen LogP contribution in [0.4, 0.5) is 5.69 Å². The van der Waals surface area contributed by atoms with Crippen LogP contribution in [-0.2, 0) is 0 Å². The Labute approximate surface area is 130 Å². The molecule has 1 aromatic heterocycles. The van der Waals surface area contributed by atoms with Gasteiger partial charge in [-0.1, -0.05) is 18.2 Å². The zero-order valence-electron chi connectivity index (χ0n) is 12.7. The van der Waals surface area contributed by atoms with Crippen LogP contribution in [0.2, 0.25) is 0 Å². The van der Waals surface area contributed by atoms with Crippen molar-refractivity contribution < 1.29 is 9.21 Å². The van der Waals surface area contributed by atoms with E-state index in [2.05, 4.69) is 17.0 Å². The van der Waals surface area contributed by atoms with Crippen molar-refractivity contribution in [3.8, 4) is 0 Å². The van der Waals surface area contributed by atoms with E-state index >= 15 is 0 Å². The third-order valence-corrected chi connectivity index (χ3v) is 3.97. The number of furan rings is 1. The quantitative estimate of drug-likeness (QED) is 0.944. The van der Waals surface area contributed by atoms with Gasteiger partial charge < -0.3 is 20.0 Å². The number of anilines is 1. The number of nitrogens with zero attached hydrogens (tertiary/aromatic N) is 2. The second-order valence-corrected chi connectivity index (χ2v) is 5.61. The number of amides is 1. The van der Waals surface area contributed by atoms with Gasteiger partial charge in [-0.05, 0) is 31.2 Å². The maximum Gasteiger partial charge on any atom is 0.289 e. The summed E-state index contributed by atoms with van der Waals surface area (Å²) >= 11 is 0. The summed E-state index contributed by atoms with van der Waals surface area (Å²) in [5.74, 6) is 0.964. The molecule has 2 heterocycles. The Morgan fingerprint density at radius 1 is 1.09 bits per heavy atom. The number of piperazine rings is 1. The fraction of sp³-hybridized carbons (Fsp3) is 0.353. The molecular formula is C17H21N3O2. The fourth-order valence-corrected chi connectivity index (χ4v) is 2.67. The third kappa shape index (κ3) is 2.99. The summed E-state index contributed by atoms with van der Waals surface area (Å²) in [6.45, 7) is 4.89. The predicted octanol–water partition coefficient (Wildman–Crippen LogP) is 2.26. The van der Waals surface area contributed by atoms with Gasteiger partial charge in [-0.2, -0.15) is 0 Å². The lowest BCUT2D eigenvalue weighted by molar-refractivity contribution is 0.0712. The minimum absolute atomic E-state index is 0.0559. The molecule has 1 aromatic carbocycles. The Bertz CT molecular complexity index is 628. The van der Waals surface area contributed by atoms with Gasteiger partial charge in [0, 0.05) is 31.9 Å². The Hall–Kier alpha value is -2.27. The highest BCUT2D eigenvalue weighted by atomic mass is 16.4. The van der Waals surface area contributed by atoms with Crippen LogP contribution in [0.5, 0.6) is 0 Å². The average Bonchev–Trinajstić information content (AvgIpc) is 3.05. The first-order chi connectivity index (χ1) is 10.6. The molecule has 1 unspecified atom stereocenters. The first-order valence-corrected chi connectivity index (χ1v) is 7.60. The molecule has 1 aliphatic rings. The van der Waals surface area contributed by atoms with Crippen molar-refractivity contribution in [3.63, 3.8) is 0 Å². The van der Waals surface area contributed by atoms with Gasteiger partial charge in [-0.3, -0.25) is 4.79 Å². The molecule has 1 aliphatic heterocycles. The SMILES string of the molecule is CC(N)c1ccc(C(=O)N2CCN(c3ccccc3)CC2)o1. The molecule has 0 aliphatic carbocycles. The van der Waals surface area contributed by atoms with Gasteiger partial charge in [0.15, 0.2) is 5.76 Å². The molecule has 3 rings (SSSR count). The van der Waals surface area contributed by atoms with E-state index in [9.17, 15) is 4.79 Å². The van der Waals surface area contributed by atoms with Gasteiger partial charge in [0.05, 0.1) is 6.04 Å². The lowest BCUT2D eigenvalue weighted by Crippen LogP contribution is -2.48. The standard InChI is InChI=1S/C17H21N3O2/c1-13(18)15-7-8-16(22-15)17(21)20-11-9-19(10-12-20)14-5-3-2-4-6-14/h2-8,13H,9-12,18H2,1H3. The summed E-state index contributed by atoms with van der Waals surface area (Å²) < 4.78 is 5.54. The van der Waals surface area contributed by atoms with Crippen molar-refractivity contribution in [1.82, 2.24) is 4.90 Å². The van der Waals surface area contributed by atoms with Crippen molar-refractivity contribution in [2.45, 2.75) is 13.0 Å². The summed E-state index contributed by atoms with van der Waals surface area (Å²) in [6.07, 6.45) is 0. The normalized spacial score (nSPS) is 16.6. The topological polar surface area (TPSA) is 62.7 Å². The smallest absolute Gasteiger partial charge is 0.289 e. The highest BCUT2D eigenvalue weighted by Gasteiger charge is 2.24. The summed E-state index contributed by atoms with van der Waals surface area (Å²) in [5, 5.41) is 0. The van der Waals surface area contributed by atoms with Gasteiger partial charge in [0.1, 0.15) is 5.76 Å². The first-order valence-electron chi connectivity index (χ1n) is 7.60. The van der Waals surface area contributed by atoms with Gasteiger partial charge >= 0.3 is 0 Å². The molecule has 2 aromatic rings. The number of nitrogens with two attached hydrogens (primary N) is 1. The van der Waals surface area contributed by atoms with E-state index in [1.54, 1.807) is 12.1 Å². The summed E-state index contributed by atoms with van der Waals surface area (Å²) in [6, 6.07) is 13.6. The molecule has 116 valence electrons. The Kier molecular flexibility index (Phi) is 4.15. The number of carbonyl (C=O) groups excluding carboxylic acids is 1. The van der Waals surface area contributed by atoms with Gasteiger partial charge in [-0.15, -0.1) is 0 Å². The molecule has 5 nitrogen and oxygen atoms in total. The molecule has 1 saturated heterocycles. The third-order valence-electron chi connectivity index (χ3n) is 3.97. The number of hydrogen-bond donors (Lipinski definition) is 1. The van der Waals surface area contributed by atoms with Crippen LogP contribution in [0.15, 0.2) is 46.9 Å². The maximum absolute atomic E-state index is 12.5. The van der Waals surface area contributed by atoms with Crippen LogP contribution in [0.1, 0.15) is 29.3 Å². The number of rotatable bonds is 3. The predicted molar refractivity (Wildman–Crippen MR) is 85.9 cm³/mol. The minimum Gasteiger partial charge on any atom is -0.454 e. The molecule has 22 heavy (non-hydrogen) atoms. The largest absolute Gasteiger partial charge is 0.454 e. The molecule has 1 atom stereocenters. The van der Waals surface area contributed by atoms with Gasteiger partial charge in [0.2, 0.25) is 0 Å². The number of hydrogen-bond acceptors (Lipinski definition) is 4. The molecule has 0 spiro atoms. The first kappa shape index (κ1) is 14.7. The Morgan fingerprint density at radius 3 is 2.36 bits per heavy atom. The zero-order valence-corrected chi connectivity index (χ0v) is 12.7. The fourth-order valence-electron chi connectivity index (χ4n) is 2.67. The summed E-state index contributed by atoms with van der Waals surface area (Å²) in [4.78, 5) is 16.6. The lowest BCUT2D eigenvalue weighted by Gasteiger charge is -2.35. The molecular weight excluding hydrogens is 278 g/mol. The van der Waals surface area contributed by atoms with E-state index in [-0.39, 0.29) is 11.9 Å². The van der Waals surface area contributed by atoms with Crippen LogP contribution in [0, 0.1) is 0 Å². The van der Waals surface area contributed by atoms with Crippen molar-refractivity contribution in [2.24, 2.45) is 5.73 Å². The lowest BCUT2D eigenvalue weighted by atomic mass is 10.2. The molecule has 0 bridgehead atoms. The number of para-hydroxylation sites is 1. The maximum atomic E-state index is 12.5. The van der Waals surface area contributed by atoms with Crippen LogP contribution in [-0.4, -0.2) is 37.0 Å². The molecule has 5 heteroatoms. The van der Waals surface area contributed by atoms with Crippen molar-refractivity contribution >= 4 is 11.6 Å². The van der Waals surface area contributed by atoms with Crippen molar-refractivity contribution in [3.05, 3.63) is 54.0 Å². The van der Waals surface area contributed by atoms with Gasteiger partial charge in [0.25, 0.3) is 5.91 Å². The van der Waals surface area contributed by atoms with E-state index in [4.69, 9.17) is 10.2 Å². The molecule has 2 N–H and O–H groups in total. The minimum atomic E-state index is -0.198. The van der Waals surface area contributed by atoms with Gasteiger partial charge in [-0.25, -0.2) is 0 Å². The van der Waals surface area contributed by atoms with Crippen molar-refractivity contribution in [2.75, 3.05) is 31.1 Å². The van der Waals surface area contributed by atoms with E-state index in [0.717, 1.165) is 13.1 Å². The van der Waals surface area contributed by atoms with E-state index in [1.807, 2.05) is 30.0 Å². The second kappa shape index (κ2) is 6.23. The van der Waals surface area contributed by atoms with Crippen LogP contribution in [0.3, 0.4) is 0 Å². The number of benzene rings is 1. The molecule has 0 radical (unpaired) electrons.